The Hall–Kier alpha value is -0.0800. The number of hydrazine groups is 1. The molecule has 0 spiro atoms. The van der Waals surface area contributed by atoms with Crippen LogP contribution in [0, 0.1) is 35.5 Å². The predicted molar refractivity (Wildman–Crippen MR) is 75.7 cm³/mol. The summed E-state index contributed by atoms with van der Waals surface area (Å²) in [6.45, 7) is 4.85. The SMILES string of the molecule is CC1CCC(C(NN)C2C3CCCCC32)CC1C. The molecule has 3 fully saturated rings. The van der Waals surface area contributed by atoms with Gasteiger partial charge in [0.15, 0.2) is 0 Å². The molecule has 2 heteroatoms. The van der Waals surface area contributed by atoms with Crippen LogP contribution in [-0.2, 0) is 0 Å². The average Bonchev–Trinajstić information content (AvgIpc) is 3.09. The third-order valence-corrected chi connectivity index (χ3v) is 6.48. The topological polar surface area (TPSA) is 38.0 Å². The highest BCUT2D eigenvalue weighted by Gasteiger charge is 2.55. The molecule has 3 saturated carbocycles. The molecule has 0 heterocycles. The lowest BCUT2D eigenvalue weighted by Crippen LogP contribution is -2.45. The van der Waals surface area contributed by atoms with E-state index in [4.69, 9.17) is 5.84 Å². The van der Waals surface area contributed by atoms with Crippen LogP contribution in [0.4, 0.5) is 0 Å². The Labute approximate surface area is 112 Å². The van der Waals surface area contributed by atoms with Crippen LogP contribution >= 0.6 is 0 Å². The lowest BCUT2D eigenvalue weighted by molar-refractivity contribution is 0.156. The maximum absolute atomic E-state index is 5.93. The molecule has 3 aliphatic carbocycles. The van der Waals surface area contributed by atoms with E-state index >= 15 is 0 Å². The summed E-state index contributed by atoms with van der Waals surface area (Å²) in [4.78, 5) is 0. The van der Waals surface area contributed by atoms with Crippen molar-refractivity contribution in [3.8, 4) is 0 Å². The molecule has 3 N–H and O–H groups in total. The smallest absolute Gasteiger partial charge is 0.0272 e. The van der Waals surface area contributed by atoms with Crippen molar-refractivity contribution in [2.24, 2.45) is 41.4 Å². The van der Waals surface area contributed by atoms with Crippen molar-refractivity contribution in [3.05, 3.63) is 0 Å². The van der Waals surface area contributed by atoms with Gasteiger partial charge in [0.25, 0.3) is 0 Å². The van der Waals surface area contributed by atoms with Crippen molar-refractivity contribution in [2.45, 2.75) is 64.8 Å². The van der Waals surface area contributed by atoms with E-state index in [-0.39, 0.29) is 0 Å². The monoisotopic (exact) mass is 250 g/mol. The van der Waals surface area contributed by atoms with Crippen LogP contribution in [0.5, 0.6) is 0 Å². The van der Waals surface area contributed by atoms with Crippen LogP contribution in [0.2, 0.25) is 0 Å². The molecule has 0 aliphatic heterocycles. The highest BCUT2D eigenvalue weighted by molar-refractivity contribution is 5.06. The van der Waals surface area contributed by atoms with Gasteiger partial charge in [0.2, 0.25) is 0 Å². The Morgan fingerprint density at radius 1 is 0.944 bits per heavy atom. The van der Waals surface area contributed by atoms with E-state index in [1.54, 1.807) is 0 Å². The first kappa shape index (κ1) is 12.9. The van der Waals surface area contributed by atoms with Crippen LogP contribution in [0.3, 0.4) is 0 Å². The van der Waals surface area contributed by atoms with Gasteiger partial charge in [0.1, 0.15) is 0 Å². The number of rotatable bonds is 3. The van der Waals surface area contributed by atoms with Crippen LogP contribution in [0.15, 0.2) is 0 Å². The van der Waals surface area contributed by atoms with Crippen molar-refractivity contribution < 1.29 is 0 Å². The molecule has 6 unspecified atom stereocenters. The summed E-state index contributed by atoms with van der Waals surface area (Å²) in [5.74, 6) is 11.5. The van der Waals surface area contributed by atoms with Crippen molar-refractivity contribution >= 4 is 0 Å². The number of hydrogen-bond donors (Lipinski definition) is 2. The van der Waals surface area contributed by atoms with Crippen LogP contribution < -0.4 is 11.3 Å². The summed E-state index contributed by atoms with van der Waals surface area (Å²) in [6, 6.07) is 0.619. The van der Waals surface area contributed by atoms with Gasteiger partial charge in [-0.05, 0) is 61.2 Å². The van der Waals surface area contributed by atoms with Gasteiger partial charge in [0.05, 0.1) is 0 Å². The summed E-state index contributed by atoms with van der Waals surface area (Å²) < 4.78 is 0. The minimum atomic E-state index is 0.619. The Kier molecular flexibility index (Phi) is 3.68. The van der Waals surface area contributed by atoms with Gasteiger partial charge in [-0.25, -0.2) is 0 Å². The summed E-state index contributed by atoms with van der Waals surface area (Å²) in [7, 11) is 0. The molecule has 0 aromatic heterocycles. The predicted octanol–water partition coefficient (Wildman–Crippen LogP) is 3.33. The molecule has 3 aliphatic rings. The highest BCUT2D eigenvalue weighted by Crippen LogP contribution is 2.58. The largest absolute Gasteiger partial charge is 0.271 e. The lowest BCUT2D eigenvalue weighted by atomic mass is 9.72. The van der Waals surface area contributed by atoms with E-state index in [1.165, 1.54) is 44.9 Å². The maximum atomic E-state index is 5.93. The maximum Gasteiger partial charge on any atom is 0.0272 e. The fourth-order valence-corrected chi connectivity index (χ4v) is 5.06. The second-order valence-corrected chi connectivity index (χ2v) is 7.41. The van der Waals surface area contributed by atoms with Gasteiger partial charge in [-0.1, -0.05) is 33.1 Å². The number of fused-ring (bicyclic) bond motifs is 1. The second-order valence-electron chi connectivity index (χ2n) is 7.41. The normalized spacial score (nSPS) is 49.5. The van der Waals surface area contributed by atoms with E-state index in [0.717, 1.165) is 35.5 Å². The first-order chi connectivity index (χ1) is 8.72. The molecule has 6 atom stereocenters. The molecule has 18 heavy (non-hydrogen) atoms. The zero-order valence-electron chi connectivity index (χ0n) is 12.1. The van der Waals surface area contributed by atoms with E-state index in [9.17, 15) is 0 Å². The zero-order valence-corrected chi connectivity index (χ0v) is 12.1. The lowest BCUT2D eigenvalue weighted by Gasteiger charge is -2.37. The molecule has 0 saturated heterocycles. The molecule has 0 aromatic carbocycles. The fraction of sp³-hybridized carbons (Fsp3) is 1.00. The number of nitrogens with one attached hydrogen (secondary N) is 1. The molecule has 0 amide bonds. The van der Waals surface area contributed by atoms with Crippen LogP contribution in [0.25, 0.3) is 0 Å². The summed E-state index contributed by atoms with van der Waals surface area (Å²) >= 11 is 0. The van der Waals surface area contributed by atoms with Crippen molar-refractivity contribution in [1.82, 2.24) is 5.43 Å². The van der Waals surface area contributed by atoms with Crippen molar-refractivity contribution in [2.75, 3.05) is 0 Å². The second kappa shape index (κ2) is 5.13. The average molecular weight is 250 g/mol. The Morgan fingerprint density at radius 3 is 2.17 bits per heavy atom. The number of nitrogens with two attached hydrogens (primary N) is 1. The summed E-state index contributed by atoms with van der Waals surface area (Å²) in [5, 5.41) is 0. The van der Waals surface area contributed by atoms with Crippen molar-refractivity contribution in [1.29, 1.82) is 0 Å². The molecule has 0 bridgehead atoms. The quantitative estimate of drug-likeness (QED) is 0.595. The summed E-state index contributed by atoms with van der Waals surface area (Å²) in [6.07, 6.45) is 10.1. The molecule has 3 rings (SSSR count). The van der Waals surface area contributed by atoms with E-state index in [0.29, 0.717) is 6.04 Å². The third-order valence-electron chi connectivity index (χ3n) is 6.48. The minimum absolute atomic E-state index is 0.619. The molecule has 0 radical (unpaired) electrons. The fourth-order valence-electron chi connectivity index (χ4n) is 5.06. The van der Waals surface area contributed by atoms with E-state index in [1.807, 2.05) is 0 Å². The first-order valence-electron chi connectivity index (χ1n) is 8.18. The molecular weight excluding hydrogens is 220 g/mol. The highest BCUT2D eigenvalue weighted by atomic mass is 15.2. The van der Waals surface area contributed by atoms with Gasteiger partial charge in [-0.3, -0.25) is 11.3 Å². The van der Waals surface area contributed by atoms with Crippen LogP contribution in [-0.4, -0.2) is 6.04 Å². The first-order valence-corrected chi connectivity index (χ1v) is 8.18. The number of hydrogen-bond acceptors (Lipinski definition) is 2. The van der Waals surface area contributed by atoms with Crippen LogP contribution in [0.1, 0.15) is 58.8 Å². The Morgan fingerprint density at radius 2 is 1.61 bits per heavy atom. The van der Waals surface area contributed by atoms with E-state index < -0.39 is 0 Å². The third kappa shape index (κ3) is 2.22. The molecule has 0 aromatic rings. The molecule has 2 nitrogen and oxygen atoms in total. The Bertz CT molecular complexity index is 279. The Balaban J connectivity index is 1.62. The van der Waals surface area contributed by atoms with Gasteiger partial charge in [-0.15, -0.1) is 0 Å². The van der Waals surface area contributed by atoms with Gasteiger partial charge in [-0.2, -0.15) is 0 Å². The van der Waals surface area contributed by atoms with Gasteiger partial charge >= 0.3 is 0 Å². The summed E-state index contributed by atoms with van der Waals surface area (Å²) in [5.41, 5.74) is 3.23. The van der Waals surface area contributed by atoms with Gasteiger partial charge in [0, 0.05) is 6.04 Å². The van der Waals surface area contributed by atoms with Gasteiger partial charge < -0.3 is 0 Å². The minimum Gasteiger partial charge on any atom is -0.271 e. The molecular formula is C16H30N2. The standard InChI is InChI=1S/C16H30N2/c1-10-7-8-12(9-11(10)2)16(18-17)15-13-5-3-4-6-14(13)15/h10-16,18H,3-9,17H2,1-2H3. The van der Waals surface area contributed by atoms with Crippen molar-refractivity contribution in [3.63, 3.8) is 0 Å². The molecule has 104 valence electrons. The zero-order chi connectivity index (χ0) is 12.7. The van der Waals surface area contributed by atoms with E-state index in [2.05, 4.69) is 19.3 Å².